The van der Waals surface area contributed by atoms with E-state index in [-0.39, 0.29) is 44.0 Å². The second kappa shape index (κ2) is 50.7. The Morgan fingerprint density at radius 3 is 1.19 bits per heavy atom. The number of esters is 3. The average molecular weight is 873 g/mol. The lowest BCUT2D eigenvalue weighted by atomic mass is 10.1. The standard InChI is InChI=1S/C57H92O6/c1-4-7-10-13-16-19-22-25-27-29-31-32-35-38-41-44-47-50-56(59)62-53-54(52-61-55(58)49-46-43-40-37-34-24-21-18-15-12-9-6-3)63-57(60)51-48-45-42-39-36-33-30-28-26-23-20-17-14-11-8-5-2/h9,12,16,18-19,21,25,27-28,30-34,36-38,41,54H,4-8,10-11,13-15,17,20,22-24,26,29,35,39-40,42-53H2,1-3H3/b12-9-,19-16-,21-18-,27-25-,30-28-,32-31-,36-33-,37-34-,41-38-. The molecular weight excluding hydrogens is 781 g/mol. The lowest BCUT2D eigenvalue weighted by molar-refractivity contribution is -0.167. The Balaban J connectivity index is 4.58. The summed E-state index contributed by atoms with van der Waals surface area (Å²) in [4.78, 5) is 37.9. The third-order valence-electron chi connectivity index (χ3n) is 10.3. The van der Waals surface area contributed by atoms with Crippen molar-refractivity contribution in [3.05, 3.63) is 109 Å². The lowest BCUT2D eigenvalue weighted by Gasteiger charge is -2.18. The summed E-state index contributed by atoms with van der Waals surface area (Å²) in [5.41, 5.74) is 0. The molecule has 0 spiro atoms. The molecule has 1 unspecified atom stereocenters. The molecule has 0 aromatic carbocycles. The van der Waals surface area contributed by atoms with E-state index in [9.17, 15) is 14.4 Å². The molecule has 0 saturated carbocycles. The van der Waals surface area contributed by atoms with Crippen LogP contribution in [0.5, 0.6) is 0 Å². The zero-order valence-corrected chi connectivity index (χ0v) is 40.5. The van der Waals surface area contributed by atoms with Crippen LogP contribution in [0.25, 0.3) is 0 Å². The molecule has 0 aromatic rings. The van der Waals surface area contributed by atoms with E-state index in [0.717, 1.165) is 83.5 Å². The van der Waals surface area contributed by atoms with Crippen LogP contribution in [0.3, 0.4) is 0 Å². The van der Waals surface area contributed by atoms with Gasteiger partial charge in [0.25, 0.3) is 0 Å². The molecule has 0 radical (unpaired) electrons. The molecule has 356 valence electrons. The van der Waals surface area contributed by atoms with Gasteiger partial charge < -0.3 is 14.2 Å². The SMILES string of the molecule is CC/C=C\C/C=C\C/C=C\CCCCC(=O)OCC(COC(=O)CCC/C=C\C/C=C\C/C=C\C/C=C\CCCCC)OC(=O)CCCCC/C=C\C=C/CCCCCCCCC. The van der Waals surface area contributed by atoms with Crippen LogP contribution in [0.2, 0.25) is 0 Å². The summed E-state index contributed by atoms with van der Waals surface area (Å²) >= 11 is 0. The van der Waals surface area contributed by atoms with Crippen molar-refractivity contribution in [2.24, 2.45) is 0 Å². The van der Waals surface area contributed by atoms with Crippen molar-refractivity contribution >= 4 is 17.9 Å². The zero-order chi connectivity index (χ0) is 45.8. The molecular formula is C57H92O6. The highest BCUT2D eigenvalue weighted by molar-refractivity contribution is 5.71. The molecule has 1 atom stereocenters. The van der Waals surface area contributed by atoms with Gasteiger partial charge in [-0.15, -0.1) is 0 Å². The molecule has 0 bridgehead atoms. The van der Waals surface area contributed by atoms with E-state index < -0.39 is 6.10 Å². The van der Waals surface area contributed by atoms with Crippen LogP contribution in [-0.2, 0) is 28.6 Å². The van der Waals surface area contributed by atoms with Gasteiger partial charge in [-0.25, -0.2) is 0 Å². The Labute approximate surface area is 387 Å². The summed E-state index contributed by atoms with van der Waals surface area (Å²) in [6.45, 7) is 6.36. The predicted octanol–water partition coefficient (Wildman–Crippen LogP) is 16.8. The van der Waals surface area contributed by atoms with Gasteiger partial charge in [-0.3, -0.25) is 14.4 Å². The van der Waals surface area contributed by atoms with Crippen LogP contribution in [0, 0.1) is 0 Å². The molecule has 0 amide bonds. The third kappa shape index (κ3) is 49.0. The maximum atomic E-state index is 12.8. The summed E-state index contributed by atoms with van der Waals surface area (Å²) < 4.78 is 16.7. The highest BCUT2D eigenvalue weighted by Crippen LogP contribution is 2.11. The van der Waals surface area contributed by atoms with Crippen molar-refractivity contribution < 1.29 is 28.6 Å². The third-order valence-corrected chi connectivity index (χ3v) is 10.3. The topological polar surface area (TPSA) is 78.9 Å². The molecule has 0 N–H and O–H groups in total. The first-order valence-corrected chi connectivity index (χ1v) is 25.4. The Hall–Kier alpha value is -3.93. The maximum absolute atomic E-state index is 12.8. The summed E-state index contributed by atoms with van der Waals surface area (Å²) in [6.07, 6.45) is 68.0. The average Bonchev–Trinajstić information content (AvgIpc) is 3.28. The molecule has 0 saturated heterocycles. The molecule has 6 heteroatoms. The van der Waals surface area contributed by atoms with Gasteiger partial charge in [0.05, 0.1) is 0 Å². The molecule has 63 heavy (non-hydrogen) atoms. The number of rotatable bonds is 44. The fraction of sp³-hybridized carbons (Fsp3) is 0.632. The Kier molecular flexibility index (Phi) is 47.5. The minimum absolute atomic E-state index is 0.128. The molecule has 0 aliphatic rings. The predicted molar refractivity (Wildman–Crippen MR) is 270 cm³/mol. The smallest absolute Gasteiger partial charge is 0.306 e. The van der Waals surface area contributed by atoms with Crippen molar-refractivity contribution in [3.8, 4) is 0 Å². The van der Waals surface area contributed by atoms with Gasteiger partial charge in [0.15, 0.2) is 6.10 Å². The quantitative estimate of drug-likeness (QED) is 0.0199. The van der Waals surface area contributed by atoms with Crippen LogP contribution in [0.4, 0.5) is 0 Å². The Bertz CT molecular complexity index is 1330. The normalized spacial score (nSPS) is 13.0. The van der Waals surface area contributed by atoms with Crippen LogP contribution < -0.4 is 0 Å². The number of carbonyl (C=O) groups is 3. The fourth-order valence-corrected chi connectivity index (χ4v) is 6.44. The van der Waals surface area contributed by atoms with Crippen molar-refractivity contribution in [3.63, 3.8) is 0 Å². The number of hydrogen-bond donors (Lipinski definition) is 0. The minimum atomic E-state index is -0.830. The molecule has 0 heterocycles. The van der Waals surface area contributed by atoms with Crippen LogP contribution in [-0.4, -0.2) is 37.2 Å². The number of hydrogen-bond acceptors (Lipinski definition) is 6. The molecule has 0 fully saturated rings. The van der Waals surface area contributed by atoms with E-state index in [0.29, 0.717) is 25.7 Å². The van der Waals surface area contributed by atoms with Gasteiger partial charge in [-0.05, 0) is 116 Å². The number of unbranched alkanes of at least 4 members (excludes halogenated alkanes) is 16. The van der Waals surface area contributed by atoms with Crippen molar-refractivity contribution in [1.82, 2.24) is 0 Å². The largest absolute Gasteiger partial charge is 0.462 e. The van der Waals surface area contributed by atoms with E-state index in [1.54, 1.807) is 0 Å². The zero-order valence-electron chi connectivity index (χ0n) is 40.5. The number of carbonyl (C=O) groups excluding carboxylic acids is 3. The van der Waals surface area contributed by atoms with Crippen molar-refractivity contribution in [2.45, 2.75) is 219 Å². The van der Waals surface area contributed by atoms with Gasteiger partial charge in [0.1, 0.15) is 13.2 Å². The van der Waals surface area contributed by atoms with Gasteiger partial charge in [0.2, 0.25) is 0 Å². The highest BCUT2D eigenvalue weighted by atomic mass is 16.6. The number of allylic oxidation sites excluding steroid dienone is 18. The molecule has 0 rings (SSSR count). The summed E-state index contributed by atoms with van der Waals surface area (Å²) in [7, 11) is 0. The van der Waals surface area contributed by atoms with Crippen molar-refractivity contribution in [1.29, 1.82) is 0 Å². The van der Waals surface area contributed by atoms with Crippen LogP contribution in [0.1, 0.15) is 213 Å². The Morgan fingerprint density at radius 2 is 0.683 bits per heavy atom. The molecule has 0 aliphatic heterocycles. The molecule has 0 aromatic heterocycles. The summed E-state index contributed by atoms with van der Waals surface area (Å²) in [5.74, 6) is -1.06. The first kappa shape index (κ1) is 59.1. The van der Waals surface area contributed by atoms with Gasteiger partial charge in [0, 0.05) is 19.3 Å². The first-order valence-electron chi connectivity index (χ1n) is 25.4. The van der Waals surface area contributed by atoms with E-state index >= 15 is 0 Å². The Morgan fingerprint density at radius 1 is 0.349 bits per heavy atom. The van der Waals surface area contributed by atoms with Crippen molar-refractivity contribution in [2.75, 3.05) is 13.2 Å². The van der Waals surface area contributed by atoms with E-state index in [1.807, 2.05) is 0 Å². The van der Waals surface area contributed by atoms with Crippen LogP contribution in [0.15, 0.2) is 109 Å². The lowest BCUT2D eigenvalue weighted by Crippen LogP contribution is -2.30. The van der Waals surface area contributed by atoms with E-state index in [1.165, 1.54) is 70.6 Å². The maximum Gasteiger partial charge on any atom is 0.306 e. The second-order valence-electron chi connectivity index (χ2n) is 16.4. The minimum Gasteiger partial charge on any atom is -0.462 e. The summed E-state index contributed by atoms with van der Waals surface area (Å²) in [5, 5.41) is 0. The first-order chi connectivity index (χ1) is 31.0. The molecule has 0 aliphatic carbocycles. The number of ether oxygens (including phenoxy) is 3. The highest BCUT2D eigenvalue weighted by Gasteiger charge is 2.19. The van der Waals surface area contributed by atoms with E-state index in [4.69, 9.17) is 14.2 Å². The van der Waals surface area contributed by atoms with Gasteiger partial charge >= 0.3 is 17.9 Å². The van der Waals surface area contributed by atoms with Gasteiger partial charge in [-0.2, -0.15) is 0 Å². The van der Waals surface area contributed by atoms with Gasteiger partial charge in [-0.1, -0.05) is 188 Å². The monoisotopic (exact) mass is 873 g/mol. The molecule has 6 nitrogen and oxygen atoms in total. The van der Waals surface area contributed by atoms with E-state index in [2.05, 4.69) is 130 Å². The van der Waals surface area contributed by atoms with Crippen LogP contribution >= 0.6 is 0 Å². The summed E-state index contributed by atoms with van der Waals surface area (Å²) in [6, 6.07) is 0. The second-order valence-corrected chi connectivity index (χ2v) is 16.4. The fourth-order valence-electron chi connectivity index (χ4n) is 6.44.